The lowest BCUT2D eigenvalue weighted by atomic mass is 9.81. The number of rotatable bonds is 8. The van der Waals surface area contributed by atoms with Gasteiger partial charge in [-0.3, -0.25) is 14.3 Å². The number of fused-ring (bicyclic) bond motifs is 1. The van der Waals surface area contributed by atoms with Crippen LogP contribution in [0.4, 0.5) is 22.0 Å². The zero-order valence-corrected chi connectivity index (χ0v) is 27.2. The summed E-state index contributed by atoms with van der Waals surface area (Å²) in [6.45, 7) is 1.77. The molecule has 0 bridgehead atoms. The second-order valence-corrected chi connectivity index (χ2v) is 15.5. The summed E-state index contributed by atoms with van der Waals surface area (Å²) in [5.74, 6) is -7.25. The summed E-state index contributed by atoms with van der Waals surface area (Å²) < 4.78 is 96.6. The number of nitrogens with zero attached hydrogens (tertiary/aromatic N) is 5. The number of amides is 2. The Morgan fingerprint density at radius 2 is 1.88 bits per heavy atom. The third kappa shape index (κ3) is 7.34. The lowest BCUT2D eigenvalue weighted by Crippen LogP contribution is -2.47. The molecular weight excluding hydrogens is 661 g/mol. The Balaban J connectivity index is 1.37. The van der Waals surface area contributed by atoms with Crippen LogP contribution in [0.25, 0.3) is 5.65 Å². The fourth-order valence-electron chi connectivity index (χ4n) is 7.24. The maximum atomic E-state index is 14.2. The maximum absolute atomic E-state index is 14.2. The molecule has 3 aromatic heterocycles. The molecule has 3 aromatic rings. The number of hydrogen-bond donors (Lipinski definition) is 2. The number of aromatic nitrogens is 5. The fourth-order valence-corrected chi connectivity index (χ4v) is 8.73. The van der Waals surface area contributed by atoms with E-state index in [2.05, 4.69) is 15.7 Å². The summed E-state index contributed by atoms with van der Waals surface area (Å²) in [4.78, 5) is 31.0. The summed E-state index contributed by atoms with van der Waals surface area (Å²) in [6, 6.07) is 2.51. The first-order chi connectivity index (χ1) is 22.6. The van der Waals surface area contributed by atoms with Crippen molar-refractivity contribution in [3.63, 3.8) is 0 Å². The maximum Gasteiger partial charge on any atom is 0.393 e. The van der Waals surface area contributed by atoms with Gasteiger partial charge in [-0.25, -0.2) is 26.7 Å². The highest BCUT2D eigenvalue weighted by Gasteiger charge is 2.45. The molecule has 0 aromatic carbocycles. The van der Waals surface area contributed by atoms with E-state index in [4.69, 9.17) is 10.1 Å². The first kappa shape index (κ1) is 34.2. The van der Waals surface area contributed by atoms with Crippen LogP contribution < -0.4 is 10.6 Å². The van der Waals surface area contributed by atoms with Crippen molar-refractivity contribution >= 4 is 27.3 Å². The van der Waals surface area contributed by atoms with Crippen LogP contribution in [-0.4, -0.2) is 74.8 Å². The summed E-state index contributed by atoms with van der Waals surface area (Å²) in [7, 11) is -3.23. The summed E-state index contributed by atoms with van der Waals surface area (Å²) in [5, 5.41) is 14.2. The van der Waals surface area contributed by atoms with Crippen LogP contribution in [0.3, 0.4) is 0 Å². The molecule has 5 heterocycles. The quantitative estimate of drug-likeness (QED) is 0.333. The van der Waals surface area contributed by atoms with Gasteiger partial charge < -0.3 is 10.6 Å². The first-order valence-corrected chi connectivity index (χ1v) is 18.1. The minimum absolute atomic E-state index is 0.0587. The minimum atomic E-state index is -4.49. The normalized spacial score (nSPS) is 24.3. The number of halogens is 5. The van der Waals surface area contributed by atoms with Gasteiger partial charge in [0.2, 0.25) is 11.8 Å². The number of imidazole rings is 1. The summed E-state index contributed by atoms with van der Waals surface area (Å²) in [6.07, 6.45) is -1.78. The molecular formula is C31H38F5N7O4S. The molecule has 262 valence electrons. The van der Waals surface area contributed by atoms with E-state index in [1.807, 2.05) is 6.92 Å². The van der Waals surface area contributed by atoms with E-state index in [0.29, 0.717) is 34.8 Å². The van der Waals surface area contributed by atoms with Gasteiger partial charge in [0, 0.05) is 44.5 Å². The van der Waals surface area contributed by atoms with Gasteiger partial charge in [0.1, 0.15) is 15.5 Å². The molecule has 11 nitrogen and oxygen atoms in total. The molecule has 6 rings (SSSR count). The van der Waals surface area contributed by atoms with E-state index in [0.717, 1.165) is 0 Å². The van der Waals surface area contributed by atoms with Gasteiger partial charge in [0.15, 0.2) is 5.65 Å². The largest absolute Gasteiger partial charge is 0.393 e. The lowest BCUT2D eigenvalue weighted by Gasteiger charge is -2.33. The highest BCUT2D eigenvalue weighted by Crippen LogP contribution is 2.42. The number of carbonyl (C=O) groups is 2. The number of sulfone groups is 1. The molecule has 2 amide bonds. The van der Waals surface area contributed by atoms with Gasteiger partial charge in [-0.05, 0) is 68.6 Å². The number of hydrogen-bond acceptors (Lipinski definition) is 7. The highest BCUT2D eigenvalue weighted by atomic mass is 32.2. The predicted molar refractivity (Wildman–Crippen MR) is 163 cm³/mol. The van der Waals surface area contributed by atoms with Crippen molar-refractivity contribution in [2.45, 2.75) is 88.9 Å². The van der Waals surface area contributed by atoms with Gasteiger partial charge in [-0.1, -0.05) is 0 Å². The average molecular weight is 700 g/mol. The highest BCUT2D eigenvalue weighted by molar-refractivity contribution is 7.91. The van der Waals surface area contributed by atoms with Crippen molar-refractivity contribution in [2.24, 2.45) is 17.8 Å². The standard InChI is InChI=1S/C31H38F5N7O4S/c1-2-42-25(5-10-38-42)29(45)40-27(19-3-8-30(32,33)9-4-19)24-17-43-26(39-24)15-22(18-6-11-48(46,47)12-7-18)23(41-43)14-20-13-21(31(34,35)36)16-37-28(20)44/h5,10,15,17-21,27H,2-4,6-9,11-14,16H2,1H3,(H,37,44)(H,40,45)/t20-,21-,27+/m1/s1. The first-order valence-electron chi connectivity index (χ1n) is 16.3. The van der Waals surface area contributed by atoms with E-state index >= 15 is 0 Å². The van der Waals surface area contributed by atoms with Crippen molar-refractivity contribution in [1.82, 2.24) is 35.0 Å². The topological polar surface area (TPSA) is 140 Å². The van der Waals surface area contributed by atoms with E-state index in [9.17, 15) is 40.0 Å². The number of piperidine rings is 1. The van der Waals surface area contributed by atoms with E-state index in [1.165, 1.54) is 15.4 Å². The molecule has 48 heavy (non-hydrogen) atoms. The molecule has 0 unspecified atom stereocenters. The van der Waals surface area contributed by atoms with E-state index in [-0.39, 0.29) is 68.3 Å². The Hall–Kier alpha value is -3.63. The smallest absolute Gasteiger partial charge is 0.355 e. The molecule has 3 fully saturated rings. The van der Waals surface area contributed by atoms with Gasteiger partial charge in [-0.2, -0.15) is 23.4 Å². The van der Waals surface area contributed by atoms with Crippen molar-refractivity contribution in [2.75, 3.05) is 18.1 Å². The van der Waals surface area contributed by atoms with Crippen LogP contribution in [0.15, 0.2) is 24.5 Å². The van der Waals surface area contributed by atoms with Crippen molar-refractivity contribution < 1.29 is 40.0 Å². The van der Waals surface area contributed by atoms with Gasteiger partial charge in [0.25, 0.3) is 5.91 Å². The molecule has 3 atom stereocenters. The average Bonchev–Trinajstić information content (AvgIpc) is 3.67. The van der Waals surface area contributed by atoms with Crippen LogP contribution in [0.2, 0.25) is 0 Å². The minimum Gasteiger partial charge on any atom is -0.355 e. The van der Waals surface area contributed by atoms with Gasteiger partial charge in [-0.15, -0.1) is 0 Å². The van der Waals surface area contributed by atoms with Crippen LogP contribution in [0, 0.1) is 17.8 Å². The molecule has 17 heteroatoms. The van der Waals surface area contributed by atoms with Crippen LogP contribution in [0.1, 0.15) is 91.3 Å². The second kappa shape index (κ2) is 13.0. The third-order valence-electron chi connectivity index (χ3n) is 10.0. The fraction of sp³-hybridized carbons (Fsp3) is 0.645. The van der Waals surface area contributed by atoms with Crippen LogP contribution in [-0.2, 0) is 27.6 Å². The predicted octanol–water partition coefficient (Wildman–Crippen LogP) is 4.39. The van der Waals surface area contributed by atoms with Crippen molar-refractivity contribution in [3.8, 4) is 0 Å². The molecule has 1 aliphatic carbocycles. The number of aryl methyl sites for hydroxylation is 1. The Labute approximate surface area is 274 Å². The zero-order chi connectivity index (χ0) is 34.4. The molecule has 0 radical (unpaired) electrons. The molecule has 2 N–H and O–H groups in total. The Morgan fingerprint density at radius 3 is 2.54 bits per heavy atom. The monoisotopic (exact) mass is 699 g/mol. The van der Waals surface area contributed by atoms with E-state index in [1.54, 1.807) is 18.3 Å². The van der Waals surface area contributed by atoms with E-state index < -0.39 is 64.6 Å². The molecule has 0 spiro atoms. The Morgan fingerprint density at radius 1 is 1.17 bits per heavy atom. The zero-order valence-electron chi connectivity index (χ0n) is 26.3. The number of carbonyl (C=O) groups excluding carboxylic acids is 2. The third-order valence-corrected chi connectivity index (χ3v) is 11.7. The Bertz CT molecular complexity index is 1770. The molecule has 1 saturated carbocycles. The molecule has 2 aliphatic heterocycles. The SMILES string of the molecule is CCn1nccc1C(=O)N[C@H](c1cn2nc(C[C@H]3C[C@@H](C(F)(F)F)CNC3=O)c(C3CCS(=O)(=O)CC3)cc2n1)C1CCC(F)(F)CC1. The van der Waals surface area contributed by atoms with Crippen LogP contribution >= 0.6 is 0 Å². The van der Waals surface area contributed by atoms with Crippen molar-refractivity contribution in [3.05, 3.63) is 47.2 Å². The van der Waals surface area contributed by atoms with Gasteiger partial charge in [0.05, 0.1) is 41.1 Å². The molecule has 2 saturated heterocycles. The Kier molecular flexibility index (Phi) is 9.28. The second-order valence-electron chi connectivity index (χ2n) is 13.2. The van der Waals surface area contributed by atoms with Crippen molar-refractivity contribution in [1.29, 1.82) is 0 Å². The number of nitrogens with one attached hydrogen (secondary N) is 2. The van der Waals surface area contributed by atoms with Crippen LogP contribution in [0.5, 0.6) is 0 Å². The molecule has 3 aliphatic rings. The summed E-state index contributed by atoms with van der Waals surface area (Å²) >= 11 is 0. The van der Waals surface area contributed by atoms with Gasteiger partial charge >= 0.3 is 6.18 Å². The summed E-state index contributed by atoms with van der Waals surface area (Å²) in [5.41, 5.74) is 1.99. The lowest BCUT2D eigenvalue weighted by molar-refractivity contribution is -0.183. The number of alkyl halides is 5.